The fraction of sp³-hybridized carbons (Fsp3) is 0.159. The standard InChI is InChI=1S/C31H28Br4O2.C29H24Br4O2.C28H18Br4O2/c1-31(2,23-17-25(32)29(26(33)18-23)36-15-13-21-9-5-3-6-10-21)24-19-27(34)30(28(35)20-24)37-16-14-22-11-7-4-8-12-22;1-29(2,21-13-23(30)27(24(31)14-21)34-17-19-9-5-3-6-10-19)22-15-25(32)28(26(33)16-22)35-18-20-11-7-4-8-12-20;29-21-7-9-23-19(13-21)5-11-25(27(23)31)33-15-17-1-2-18(4-3-17)16-34-26-12-6-20-14-22(30)8-10-24(20)28(26)32/h3-12,17-20H,13-16H2,1-2H3;3-16H,17-18H2,1-2H3;1-14H,15-16H2. The summed E-state index contributed by atoms with van der Waals surface area (Å²) in [5.41, 5.74) is 11.1. The predicted molar refractivity (Wildman–Crippen MR) is 478 cm³/mol. The molecular weight excluding hydrogens is 2110 g/mol. The Kier molecular flexibility index (Phi) is 29.9. The lowest BCUT2D eigenvalue weighted by atomic mass is 9.78. The molecule has 18 heteroatoms. The van der Waals surface area contributed by atoms with E-state index in [9.17, 15) is 0 Å². The first-order valence-electron chi connectivity index (χ1n) is 33.7. The maximum Gasteiger partial charge on any atom is 0.148 e. The summed E-state index contributed by atoms with van der Waals surface area (Å²) < 4.78 is 48.1. The molecule has 0 unspecified atom stereocenters. The van der Waals surface area contributed by atoms with Gasteiger partial charge in [0.2, 0.25) is 0 Å². The van der Waals surface area contributed by atoms with Gasteiger partial charge in [0.05, 0.1) is 57.9 Å². The number of rotatable bonds is 24. The molecule has 0 N–H and O–H groups in total. The van der Waals surface area contributed by atoms with E-state index in [-0.39, 0.29) is 10.8 Å². The minimum Gasteiger partial charge on any atom is -0.491 e. The van der Waals surface area contributed by atoms with Crippen LogP contribution in [0.3, 0.4) is 0 Å². The van der Waals surface area contributed by atoms with E-state index in [2.05, 4.69) is 401 Å². The molecule has 0 aliphatic carbocycles. The van der Waals surface area contributed by atoms with Crippen LogP contribution >= 0.6 is 191 Å². The van der Waals surface area contributed by atoms with Crippen molar-refractivity contribution in [2.24, 2.45) is 0 Å². The molecule has 106 heavy (non-hydrogen) atoms. The fourth-order valence-corrected chi connectivity index (χ4v) is 19.3. The van der Waals surface area contributed by atoms with Crippen LogP contribution in [0.25, 0.3) is 21.5 Å². The van der Waals surface area contributed by atoms with Gasteiger partial charge in [-0.3, -0.25) is 0 Å². The normalized spacial score (nSPS) is 11.3. The van der Waals surface area contributed by atoms with E-state index < -0.39 is 0 Å². The molecular formula is C88H70Br12O6. The zero-order valence-electron chi connectivity index (χ0n) is 57.9. The number of fused-ring (bicyclic) bond motifs is 2. The van der Waals surface area contributed by atoms with E-state index >= 15 is 0 Å². The monoisotopic (exact) mass is 2170 g/mol. The lowest BCUT2D eigenvalue weighted by Gasteiger charge is -2.28. The third-order valence-electron chi connectivity index (χ3n) is 17.9. The predicted octanol–water partition coefficient (Wildman–Crippen LogP) is 30.7. The van der Waals surface area contributed by atoms with Gasteiger partial charge in [0.1, 0.15) is 60.9 Å². The molecule has 0 saturated carbocycles. The van der Waals surface area contributed by atoms with E-state index in [1.807, 2.05) is 72.8 Å². The highest BCUT2D eigenvalue weighted by atomic mass is 79.9. The summed E-state index contributed by atoms with van der Waals surface area (Å²) in [4.78, 5) is 0. The van der Waals surface area contributed by atoms with Crippen molar-refractivity contribution in [2.45, 2.75) is 77.8 Å². The summed E-state index contributed by atoms with van der Waals surface area (Å²) in [6.45, 7) is 12.1. The molecule has 0 heterocycles. The summed E-state index contributed by atoms with van der Waals surface area (Å²) in [5, 5.41) is 4.56. The highest BCUT2D eigenvalue weighted by molar-refractivity contribution is 9.12. The number of hydrogen-bond donors (Lipinski definition) is 0. The second kappa shape index (κ2) is 38.7. The first-order valence-corrected chi connectivity index (χ1v) is 43.2. The smallest absolute Gasteiger partial charge is 0.148 e. The second-order valence-corrected chi connectivity index (χ2v) is 36.2. The average Bonchev–Trinajstić information content (AvgIpc) is 0.427. The highest BCUT2D eigenvalue weighted by Gasteiger charge is 2.30. The van der Waals surface area contributed by atoms with Gasteiger partial charge in [-0.05, 0) is 321 Å². The number of hydrogen-bond acceptors (Lipinski definition) is 6. The average molecular weight is 2180 g/mol. The largest absolute Gasteiger partial charge is 0.491 e. The van der Waals surface area contributed by atoms with E-state index in [0.29, 0.717) is 39.6 Å². The fourth-order valence-electron chi connectivity index (χ4n) is 11.6. The van der Waals surface area contributed by atoms with Crippen LogP contribution in [0.2, 0.25) is 0 Å². The van der Waals surface area contributed by atoms with Crippen molar-refractivity contribution < 1.29 is 28.4 Å². The minimum atomic E-state index is -0.272. The number of ether oxygens (including phenoxy) is 6. The van der Waals surface area contributed by atoms with Crippen LogP contribution in [0, 0.1) is 0 Å². The Morgan fingerprint density at radius 2 is 0.500 bits per heavy atom. The Hall–Kier alpha value is -5.06. The third kappa shape index (κ3) is 21.7. The molecule has 0 aliphatic rings. The molecule has 13 rings (SSSR count). The van der Waals surface area contributed by atoms with E-state index in [1.165, 1.54) is 22.3 Å². The van der Waals surface area contributed by atoms with Crippen molar-refractivity contribution in [3.8, 4) is 34.5 Å². The molecule has 0 aromatic heterocycles. The Balaban J connectivity index is 0.000000159. The topological polar surface area (TPSA) is 55.4 Å². The van der Waals surface area contributed by atoms with Crippen molar-refractivity contribution in [3.05, 3.63) is 364 Å². The molecule has 0 atom stereocenters. The van der Waals surface area contributed by atoms with Crippen molar-refractivity contribution in [1.29, 1.82) is 0 Å². The van der Waals surface area contributed by atoms with Crippen LogP contribution in [0.4, 0.5) is 0 Å². The second-order valence-electron chi connectivity index (χ2n) is 25.9. The van der Waals surface area contributed by atoms with Crippen LogP contribution in [0.5, 0.6) is 34.5 Å². The van der Waals surface area contributed by atoms with Crippen LogP contribution in [0.1, 0.15) is 83.3 Å². The molecule has 13 aromatic carbocycles. The van der Waals surface area contributed by atoms with Crippen molar-refractivity contribution in [1.82, 2.24) is 0 Å². The Labute approximate surface area is 722 Å². The summed E-state index contributed by atoms with van der Waals surface area (Å²) in [6.07, 6.45) is 1.71. The molecule has 542 valence electrons. The molecule has 0 spiro atoms. The van der Waals surface area contributed by atoms with E-state index in [4.69, 9.17) is 28.4 Å². The van der Waals surface area contributed by atoms with Gasteiger partial charge < -0.3 is 28.4 Å². The first kappa shape index (κ1) is 81.9. The van der Waals surface area contributed by atoms with Gasteiger partial charge in [-0.2, -0.15) is 0 Å². The minimum absolute atomic E-state index is 0.263. The molecule has 0 fully saturated rings. The van der Waals surface area contributed by atoms with Gasteiger partial charge in [-0.25, -0.2) is 0 Å². The molecule has 0 aliphatic heterocycles. The zero-order valence-corrected chi connectivity index (χ0v) is 76.9. The van der Waals surface area contributed by atoms with Gasteiger partial charge in [0.15, 0.2) is 0 Å². The van der Waals surface area contributed by atoms with Gasteiger partial charge in [-0.1, -0.05) is 229 Å². The Morgan fingerprint density at radius 1 is 0.245 bits per heavy atom. The van der Waals surface area contributed by atoms with Gasteiger partial charge in [0.25, 0.3) is 0 Å². The maximum absolute atomic E-state index is 6.14. The third-order valence-corrected chi connectivity index (χ3v) is 25.2. The Bertz CT molecular complexity index is 4750. The molecule has 0 bridgehead atoms. The van der Waals surface area contributed by atoms with Gasteiger partial charge >= 0.3 is 0 Å². The molecule has 0 amide bonds. The van der Waals surface area contributed by atoms with Crippen LogP contribution in [-0.2, 0) is 50.1 Å². The molecule has 0 saturated heterocycles. The van der Waals surface area contributed by atoms with Crippen molar-refractivity contribution in [2.75, 3.05) is 13.2 Å². The Morgan fingerprint density at radius 3 is 0.792 bits per heavy atom. The lowest BCUT2D eigenvalue weighted by molar-refractivity contribution is 0.301. The number of benzene rings is 13. The quantitative estimate of drug-likeness (QED) is 0.0601. The summed E-state index contributed by atoms with van der Waals surface area (Å²) in [5.74, 6) is 4.88. The van der Waals surface area contributed by atoms with E-state index in [1.54, 1.807) is 0 Å². The molecule has 13 aromatic rings. The number of halogens is 12. The lowest BCUT2D eigenvalue weighted by Crippen LogP contribution is -2.19. The molecule has 0 radical (unpaired) electrons. The van der Waals surface area contributed by atoms with Gasteiger partial charge in [0, 0.05) is 32.6 Å². The SMILES string of the molecule is Brc1ccc2c(Br)c(OCc3ccc(COc4ccc5cc(Br)ccc5c4Br)cc3)ccc2c1.CC(C)(c1cc(Br)c(OCCc2ccccc2)c(Br)c1)c1cc(Br)c(OCCc2ccccc2)c(Br)c1.CC(C)(c1cc(Br)c(OCc2ccccc2)c(Br)c1)c1cc(Br)c(OCc2ccccc2)c(Br)c1. The van der Waals surface area contributed by atoms with Crippen molar-refractivity contribution in [3.63, 3.8) is 0 Å². The summed E-state index contributed by atoms with van der Waals surface area (Å²) in [7, 11) is 0. The zero-order chi connectivity index (χ0) is 75.1. The van der Waals surface area contributed by atoms with Crippen LogP contribution in [-0.4, -0.2) is 13.2 Å². The van der Waals surface area contributed by atoms with Gasteiger partial charge in [-0.15, -0.1) is 0 Å². The van der Waals surface area contributed by atoms with Crippen molar-refractivity contribution >= 4 is 213 Å². The summed E-state index contributed by atoms with van der Waals surface area (Å²) in [6, 6.07) is 87.1. The maximum atomic E-state index is 6.14. The van der Waals surface area contributed by atoms with Crippen LogP contribution in [0.15, 0.2) is 308 Å². The summed E-state index contributed by atoms with van der Waals surface area (Å²) >= 11 is 44.3. The molecule has 6 nitrogen and oxygen atoms in total. The van der Waals surface area contributed by atoms with Crippen LogP contribution < -0.4 is 28.4 Å². The van der Waals surface area contributed by atoms with E-state index in [0.717, 1.165) is 156 Å². The first-order chi connectivity index (χ1) is 51.0. The highest BCUT2D eigenvalue weighted by Crippen LogP contribution is 2.47.